The van der Waals surface area contributed by atoms with E-state index in [9.17, 15) is 9.59 Å². The van der Waals surface area contributed by atoms with Crippen LogP contribution >= 0.6 is 11.6 Å². The molecular formula is C13H15ClN2O2. The van der Waals surface area contributed by atoms with Crippen molar-refractivity contribution in [2.24, 2.45) is 5.92 Å². The summed E-state index contributed by atoms with van der Waals surface area (Å²) in [6, 6.07) is 5.05. The Morgan fingerprint density at radius 2 is 2.06 bits per heavy atom. The van der Waals surface area contributed by atoms with Crippen molar-refractivity contribution >= 4 is 34.8 Å². The summed E-state index contributed by atoms with van der Waals surface area (Å²) in [5.74, 6) is 0.0441. The number of nitrogens with one attached hydrogen (secondary N) is 2. The molecule has 2 rings (SSSR count). The Bertz CT molecular complexity index is 484. The summed E-state index contributed by atoms with van der Waals surface area (Å²) in [7, 11) is 0. The number of rotatable bonds is 4. The number of carbonyl (C=O) groups excluding carboxylic acids is 2. The fraction of sp³-hybridized carbons (Fsp3) is 0.385. The van der Waals surface area contributed by atoms with Gasteiger partial charge in [0.2, 0.25) is 11.8 Å². The number of halogens is 1. The van der Waals surface area contributed by atoms with Gasteiger partial charge in [-0.2, -0.15) is 0 Å². The topological polar surface area (TPSA) is 58.2 Å². The summed E-state index contributed by atoms with van der Waals surface area (Å²) in [5.41, 5.74) is 1.18. The van der Waals surface area contributed by atoms with Crippen molar-refractivity contribution in [1.29, 1.82) is 0 Å². The predicted molar refractivity (Wildman–Crippen MR) is 71.7 cm³/mol. The lowest BCUT2D eigenvalue weighted by atomic mass is 10.2. The first-order chi connectivity index (χ1) is 8.60. The summed E-state index contributed by atoms with van der Waals surface area (Å²) in [6.45, 7) is 1.78. The molecule has 1 fully saturated rings. The van der Waals surface area contributed by atoms with Crippen molar-refractivity contribution in [1.82, 2.24) is 0 Å². The Hall–Kier alpha value is -1.55. The maximum atomic E-state index is 11.7. The van der Waals surface area contributed by atoms with Crippen LogP contribution < -0.4 is 10.6 Å². The highest BCUT2D eigenvalue weighted by atomic mass is 35.5. The minimum absolute atomic E-state index is 0.00383. The molecule has 0 radical (unpaired) electrons. The molecule has 0 spiro atoms. The average Bonchev–Trinajstić information content (AvgIpc) is 3.17. The van der Waals surface area contributed by atoms with Crippen LogP contribution in [-0.2, 0) is 9.59 Å². The SMILES string of the molecule is CCC(=O)Nc1ccc(Cl)c(NC(=O)C2CC2)c1. The molecule has 4 nitrogen and oxygen atoms in total. The molecule has 5 heteroatoms. The van der Waals surface area contributed by atoms with Crippen molar-refractivity contribution in [2.75, 3.05) is 10.6 Å². The molecule has 96 valence electrons. The molecule has 2 amide bonds. The molecule has 1 saturated carbocycles. The van der Waals surface area contributed by atoms with Crippen LogP contribution in [0.1, 0.15) is 26.2 Å². The molecule has 0 aromatic heterocycles. The van der Waals surface area contributed by atoms with E-state index in [1.165, 1.54) is 0 Å². The van der Waals surface area contributed by atoms with Gasteiger partial charge in [0.15, 0.2) is 0 Å². The van der Waals surface area contributed by atoms with Crippen LogP contribution in [0.2, 0.25) is 5.02 Å². The predicted octanol–water partition coefficient (Wildman–Crippen LogP) is 3.04. The zero-order chi connectivity index (χ0) is 13.1. The number of amides is 2. The summed E-state index contributed by atoms with van der Waals surface area (Å²) >= 11 is 6.01. The molecule has 0 unspecified atom stereocenters. The Morgan fingerprint density at radius 3 is 2.67 bits per heavy atom. The third-order valence-corrected chi connectivity index (χ3v) is 3.11. The monoisotopic (exact) mass is 266 g/mol. The van der Waals surface area contributed by atoms with E-state index in [0.29, 0.717) is 22.8 Å². The van der Waals surface area contributed by atoms with Gasteiger partial charge in [0.05, 0.1) is 10.7 Å². The molecule has 1 aliphatic carbocycles. The largest absolute Gasteiger partial charge is 0.326 e. The minimum atomic E-state index is -0.0724. The lowest BCUT2D eigenvalue weighted by Crippen LogP contribution is -2.14. The van der Waals surface area contributed by atoms with Gasteiger partial charge in [-0.15, -0.1) is 0 Å². The second kappa shape index (κ2) is 5.40. The lowest BCUT2D eigenvalue weighted by Gasteiger charge is -2.10. The standard InChI is InChI=1S/C13H15ClN2O2/c1-2-12(17)15-9-5-6-10(14)11(7-9)16-13(18)8-3-4-8/h5-8H,2-4H2,1H3,(H,15,17)(H,16,18). The van der Waals surface area contributed by atoms with Gasteiger partial charge in [-0.05, 0) is 31.0 Å². The van der Waals surface area contributed by atoms with Gasteiger partial charge in [0.25, 0.3) is 0 Å². The quantitative estimate of drug-likeness (QED) is 0.880. The first-order valence-corrected chi connectivity index (χ1v) is 6.38. The second-order valence-electron chi connectivity index (χ2n) is 4.36. The number of hydrogen-bond donors (Lipinski definition) is 2. The van der Waals surface area contributed by atoms with Crippen LogP contribution in [0.15, 0.2) is 18.2 Å². The number of anilines is 2. The molecule has 0 saturated heterocycles. The molecule has 2 N–H and O–H groups in total. The van der Waals surface area contributed by atoms with Gasteiger partial charge in [-0.1, -0.05) is 18.5 Å². The zero-order valence-corrected chi connectivity index (χ0v) is 10.9. The summed E-state index contributed by atoms with van der Waals surface area (Å²) in [5, 5.41) is 5.98. The molecule has 0 atom stereocenters. The molecule has 1 aromatic carbocycles. The Kier molecular flexibility index (Phi) is 3.87. The summed E-state index contributed by atoms with van der Waals surface area (Å²) in [4.78, 5) is 22.9. The van der Waals surface area contributed by atoms with E-state index in [0.717, 1.165) is 12.8 Å². The fourth-order valence-electron chi connectivity index (χ4n) is 1.53. The van der Waals surface area contributed by atoms with E-state index in [-0.39, 0.29) is 17.7 Å². The van der Waals surface area contributed by atoms with Crippen LogP contribution in [0.3, 0.4) is 0 Å². The number of benzene rings is 1. The van der Waals surface area contributed by atoms with E-state index in [4.69, 9.17) is 11.6 Å². The van der Waals surface area contributed by atoms with Gasteiger partial charge in [-0.25, -0.2) is 0 Å². The smallest absolute Gasteiger partial charge is 0.227 e. The van der Waals surface area contributed by atoms with Gasteiger partial charge in [0, 0.05) is 18.0 Å². The Labute approximate surface area is 111 Å². The molecular weight excluding hydrogens is 252 g/mol. The molecule has 0 aliphatic heterocycles. The molecule has 1 aromatic rings. The average molecular weight is 267 g/mol. The van der Waals surface area contributed by atoms with E-state index < -0.39 is 0 Å². The maximum absolute atomic E-state index is 11.7. The van der Waals surface area contributed by atoms with Crippen molar-refractivity contribution in [3.05, 3.63) is 23.2 Å². The summed E-state index contributed by atoms with van der Waals surface area (Å²) < 4.78 is 0. The first-order valence-electron chi connectivity index (χ1n) is 6.00. The molecule has 18 heavy (non-hydrogen) atoms. The van der Waals surface area contributed by atoms with Crippen molar-refractivity contribution in [3.8, 4) is 0 Å². The van der Waals surface area contributed by atoms with Crippen molar-refractivity contribution < 1.29 is 9.59 Å². The van der Waals surface area contributed by atoms with Gasteiger partial charge < -0.3 is 10.6 Å². The van der Waals surface area contributed by atoms with E-state index >= 15 is 0 Å². The number of carbonyl (C=O) groups is 2. The molecule has 0 bridgehead atoms. The van der Waals surface area contributed by atoms with E-state index in [2.05, 4.69) is 10.6 Å². The Balaban J connectivity index is 2.10. The second-order valence-corrected chi connectivity index (χ2v) is 4.77. The highest BCUT2D eigenvalue weighted by molar-refractivity contribution is 6.33. The van der Waals surface area contributed by atoms with Gasteiger partial charge in [0.1, 0.15) is 0 Å². The highest BCUT2D eigenvalue weighted by Gasteiger charge is 2.29. The van der Waals surface area contributed by atoms with Crippen molar-refractivity contribution in [3.63, 3.8) is 0 Å². The van der Waals surface area contributed by atoms with Crippen LogP contribution in [0, 0.1) is 5.92 Å². The normalized spacial score (nSPS) is 14.1. The maximum Gasteiger partial charge on any atom is 0.227 e. The Morgan fingerprint density at radius 1 is 1.33 bits per heavy atom. The van der Waals surface area contributed by atoms with Crippen LogP contribution in [0.5, 0.6) is 0 Å². The summed E-state index contributed by atoms with van der Waals surface area (Å²) in [6.07, 6.45) is 2.29. The van der Waals surface area contributed by atoms with Crippen molar-refractivity contribution in [2.45, 2.75) is 26.2 Å². The van der Waals surface area contributed by atoms with Crippen LogP contribution in [-0.4, -0.2) is 11.8 Å². The number of hydrogen-bond acceptors (Lipinski definition) is 2. The fourth-order valence-corrected chi connectivity index (χ4v) is 1.69. The van der Waals surface area contributed by atoms with Gasteiger partial charge >= 0.3 is 0 Å². The third kappa shape index (κ3) is 3.23. The van der Waals surface area contributed by atoms with Crippen LogP contribution in [0.4, 0.5) is 11.4 Å². The lowest BCUT2D eigenvalue weighted by molar-refractivity contribution is -0.117. The molecule has 0 heterocycles. The zero-order valence-electron chi connectivity index (χ0n) is 10.1. The highest BCUT2D eigenvalue weighted by Crippen LogP contribution is 2.32. The van der Waals surface area contributed by atoms with E-state index in [1.54, 1.807) is 25.1 Å². The van der Waals surface area contributed by atoms with E-state index in [1.807, 2.05) is 0 Å². The molecule has 1 aliphatic rings. The minimum Gasteiger partial charge on any atom is -0.326 e. The third-order valence-electron chi connectivity index (χ3n) is 2.78. The first kappa shape index (κ1) is 12.9. The van der Waals surface area contributed by atoms with Gasteiger partial charge in [-0.3, -0.25) is 9.59 Å². The van der Waals surface area contributed by atoms with Crippen LogP contribution in [0.25, 0.3) is 0 Å².